The molecule has 5 rings (SSSR count). The standard InChI is InChI=1S/C29H29NO4/c1-16-6-7-20-19(14-16)15-17(2)23(27(28(31)32)34-29(3,4)5)25(20)21-8-9-22-24-18(11-13-33-22)10-12-30-26(21)24/h6-10,12,14-15,27H,11,13H2,1-5H3,(H,31,32)/t27-/m1/s1. The lowest BCUT2D eigenvalue weighted by Crippen LogP contribution is -2.28. The zero-order valence-corrected chi connectivity index (χ0v) is 20.2. The molecule has 5 nitrogen and oxygen atoms in total. The van der Waals surface area contributed by atoms with Crippen LogP contribution in [0.15, 0.2) is 48.7 Å². The van der Waals surface area contributed by atoms with Gasteiger partial charge < -0.3 is 14.6 Å². The Bertz CT molecular complexity index is 1440. The fraction of sp³-hybridized carbons (Fsp3) is 0.310. The van der Waals surface area contributed by atoms with Crippen LogP contribution in [0.2, 0.25) is 0 Å². The van der Waals surface area contributed by atoms with Gasteiger partial charge in [0.15, 0.2) is 6.10 Å². The predicted octanol–water partition coefficient (Wildman–Crippen LogP) is 6.55. The Hall–Kier alpha value is -3.44. The van der Waals surface area contributed by atoms with Crippen molar-refractivity contribution in [2.75, 3.05) is 6.61 Å². The van der Waals surface area contributed by atoms with Gasteiger partial charge in [0.05, 0.1) is 17.7 Å². The van der Waals surface area contributed by atoms with E-state index in [1.165, 1.54) is 5.56 Å². The number of aryl methyl sites for hydroxylation is 2. The third-order valence-electron chi connectivity index (χ3n) is 6.34. The summed E-state index contributed by atoms with van der Waals surface area (Å²) >= 11 is 0. The van der Waals surface area contributed by atoms with E-state index in [-0.39, 0.29) is 0 Å². The normalized spacial score (nSPS) is 14.3. The lowest BCUT2D eigenvalue weighted by Gasteiger charge is -2.29. The van der Waals surface area contributed by atoms with E-state index in [0.717, 1.165) is 56.1 Å². The molecule has 1 atom stereocenters. The summed E-state index contributed by atoms with van der Waals surface area (Å²) < 4.78 is 12.1. The third kappa shape index (κ3) is 3.80. The van der Waals surface area contributed by atoms with Crippen LogP contribution in [-0.4, -0.2) is 28.3 Å². The Morgan fingerprint density at radius 2 is 1.91 bits per heavy atom. The monoisotopic (exact) mass is 455 g/mol. The van der Waals surface area contributed by atoms with Gasteiger partial charge in [0.1, 0.15) is 5.75 Å². The van der Waals surface area contributed by atoms with Gasteiger partial charge in [0, 0.05) is 29.1 Å². The first-order chi connectivity index (χ1) is 16.1. The molecule has 1 aliphatic heterocycles. The van der Waals surface area contributed by atoms with Crippen molar-refractivity contribution in [2.45, 2.75) is 52.7 Å². The average Bonchev–Trinajstić information content (AvgIpc) is 2.77. The van der Waals surface area contributed by atoms with E-state index < -0.39 is 17.7 Å². The number of pyridine rings is 1. The van der Waals surface area contributed by atoms with Crippen molar-refractivity contribution in [1.82, 2.24) is 4.98 Å². The van der Waals surface area contributed by atoms with E-state index in [0.29, 0.717) is 12.2 Å². The summed E-state index contributed by atoms with van der Waals surface area (Å²) in [6.45, 7) is 10.3. The summed E-state index contributed by atoms with van der Waals surface area (Å²) in [5.74, 6) is -0.187. The van der Waals surface area contributed by atoms with Crippen molar-refractivity contribution in [2.24, 2.45) is 0 Å². The second-order valence-corrected chi connectivity index (χ2v) is 10.1. The first-order valence-electron chi connectivity index (χ1n) is 11.6. The second kappa shape index (κ2) is 8.10. The minimum Gasteiger partial charge on any atom is -0.493 e. The van der Waals surface area contributed by atoms with Gasteiger partial charge in [-0.15, -0.1) is 0 Å². The van der Waals surface area contributed by atoms with Crippen LogP contribution in [0, 0.1) is 13.8 Å². The summed E-state index contributed by atoms with van der Waals surface area (Å²) in [6, 6.07) is 14.4. The molecular formula is C29H29NO4. The number of hydrogen-bond acceptors (Lipinski definition) is 4. The van der Waals surface area contributed by atoms with Gasteiger partial charge in [-0.05, 0) is 80.3 Å². The summed E-state index contributed by atoms with van der Waals surface area (Å²) in [7, 11) is 0. The fourth-order valence-electron chi connectivity index (χ4n) is 5.00. The van der Waals surface area contributed by atoms with E-state index in [1.54, 1.807) is 0 Å². The molecule has 0 amide bonds. The average molecular weight is 456 g/mol. The number of aromatic nitrogens is 1. The number of aliphatic carboxylic acids is 1. The van der Waals surface area contributed by atoms with Gasteiger partial charge in [-0.1, -0.05) is 29.8 Å². The molecule has 2 heterocycles. The first-order valence-corrected chi connectivity index (χ1v) is 11.6. The van der Waals surface area contributed by atoms with Gasteiger partial charge in [-0.2, -0.15) is 0 Å². The van der Waals surface area contributed by atoms with Crippen LogP contribution >= 0.6 is 0 Å². The van der Waals surface area contributed by atoms with Crippen molar-refractivity contribution < 1.29 is 19.4 Å². The number of ether oxygens (including phenoxy) is 2. The van der Waals surface area contributed by atoms with E-state index >= 15 is 0 Å². The Labute approximate surface area is 199 Å². The minimum atomic E-state index is -1.12. The molecule has 1 N–H and O–H groups in total. The summed E-state index contributed by atoms with van der Waals surface area (Å²) in [4.78, 5) is 17.3. The highest BCUT2D eigenvalue weighted by atomic mass is 16.5. The van der Waals surface area contributed by atoms with Gasteiger partial charge in [0.25, 0.3) is 0 Å². The Morgan fingerprint density at radius 3 is 2.65 bits per heavy atom. The molecule has 1 aliphatic rings. The molecule has 0 radical (unpaired) electrons. The van der Waals surface area contributed by atoms with Crippen LogP contribution in [0.1, 0.15) is 49.1 Å². The third-order valence-corrected chi connectivity index (χ3v) is 6.34. The Kier molecular flexibility index (Phi) is 5.33. The molecule has 0 saturated heterocycles. The lowest BCUT2D eigenvalue weighted by molar-refractivity contribution is -0.160. The highest BCUT2D eigenvalue weighted by molar-refractivity contribution is 6.09. The highest BCUT2D eigenvalue weighted by Crippen LogP contribution is 2.45. The van der Waals surface area contributed by atoms with E-state index in [4.69, 9.17) is 14.5 Å². The van der Waals surface area contributed by atoms with Crippen molar-refractivity contribution in [3.63, 3.8) is 0 Å². The molecule has 0 unspecified atom stereocenters. The largest absolute Gasteiger partial charge is 0.493 e. The van der Waals surface area contributed by atoms with Gasteiger partial charge in [0.2, 0.25) is 0 Å². The molecule has 174 valence electrons. The van der Waals surface area contributed by atoms with Gasteiger partial charge in [-0.25, -0.2) is 4.79 Å². The number of benzene rings is 3. The van der Waals surface area contributed by atoms with Gasteiger partial charge in [-0.3, -0.25) is 4.98 Å². The Morgan fingerprint density at radius 1 is 1.12 bits per heavy atom. The maximum atomic E-state index is 12.6. The van der Waals surface area contributed by atoms with Crippen LogP contribution < -0.4 is 4.74 Å². The molecule has 3 aromatic carbocycles. The molecule has 0 spiro atoms. The molecule has 5 heteroatoms. The lowest BCUT2D eigenvalue weighted by atomic mass is 9.85. The highest BCUT2D eigenvalue weighted by Gasteiger charge is 2.32. The molecule has 0 aliphatic carbocycles. The number of hydrogen-bond donors (Lipinski definition) is 1. The minimum absolute atomic E-state index is 0.638. The van der Waals surface area contributed by atoms with E-state index in [2.05, 4.69) is 31.2 Å². The van der Waals surface area contributed by atoms with Crippen LogP contribution in [0.3, 0.4) is 0 Å². The quantitative estimate of drug-likeness (QED) is 0.378. The van der Waals surface area contributed by atoms with Gasteiger partial charge >= 0.3 is 5.97 Å². The van der Waals surface area contributed by atoms with E-state index in [9.17, 15) is 9.90 Å². The maximum absolute atomic E-state index is 12.6. The number of rotatable bonds is 4. The predicted molar refractivity (Wildman–Crippen MR) is 135 cm³/mol. The summed E-state index contributed by atoms with van der Waals surface area (Å²) in [6.07, 6.45) is 1.53. The number of nitrogens with zero attached hydrogens (tertiary/aromatic N) is 1. The SMILES string of the molecule is Cc1ccc2c(-c3ccc4c5c(ccnc35)CCO4)c([C@@H](OC(C)(C)C)C(=O)O)c(C)cc2c1. The number of carbonyl (C=O) groups is 1. The first kappa shape index (κ1) is 22.4. The summed E-state index contributed by atoms with van der Waals surface area (Å²) in [5.41, 5.74) is 5.82. The number of carboxylic acid groups (broad SMARTS) is 1. The molecule has 4 aromatic rings. The van der Waals surface area contributed by atoms with Crippen molar-refractivity contribution in [1.29, 1.82) is 0 Å². The molecule has 0 saturated carbocycles. The zero-order chi connectivity index (χ0) is 24.2. The van der Waals surface area contributed by atoms with E-state index in [1.807, 2.05) is 52.1 Å². The molecule has 1 aromatic heterocycles. The fourth-order valence-corrected chi connectivity index (χ4v) is 5.00. The molecule has 0 fully saturated rings. The maximum Gasteiger partial charge on any atom is 0.337 e. The topological polar surface area (TPSA) is 68.7 Å². The number of fused-ring (bicyclic) bond motifs is 1. The number of carboxylic acids is 1. The molecular weight excluding hydrogens is 426 g/mol. The van der Waals surface area contributed by atoms with Crippen molar-refractivity contribution >= 4 is 27.6 Å². The van der Waals surface area contributed by atoms with Crippen LogP contribution in [0.25, 0.3) is 32.8 Å². The zero-order valence-electron chi connectivity index (χ0n) is 20.2. The van der Waals surface area contributed by atoms with Crippen LogP contribution in [0.4, 0.5) is 0 Å². The Balaban J connectivity index is 1.91. The summed E-state index contributed by atoms with van der Waals surface area (Å²) in [5, 5.41) is 13.3. The smallest absolute Gasteiger partial charge is 0.337 e. The van der Waals surface area contributed by atoms with Crippen LogP contribution in [-0.2, 0) is 16.0 Å². The molecule has 34 heavy (non-hydrogen) atoms. The second-order valence-electron chi connectivity index (χ2n) is 10.1. The van der Waals surface area contributed by atoms with Crippen LogP contribution in [0.5, 0.6) is 5.75 Å². The molecule has 0 bridgehead atoms. The van der Waals surface area contributed by atoms with Crippen molar-refractivity contribution in [3.8, 4) is 16.9 Å². The van der Waals surface area contributed by atoms with Crippen molar-refractivity contribution in [3.05, 3.63) is 70.9 Å².